The molecule has 1 aliphatic heterocycles. The molecule has 4 heterocycles. The van der Waals surface area contributed by atoms with Gasteiger partial charge in [0.05, 0.1) is 22.5 Å². The molecule has 3 aromatic heterocycles. The molecule has 2 unspecified atom stereocenters. The lowest BCUT2D eigenvalue weighted by Crippen LogP contribution is -2.55. The summed E-state index contributed by atoms with van der Waals surface area (Å²) < 4.78 is 16.1. The average Bonchev–Trinajstić information content (AvgIpc) is 3.17. The normalized spacial score (nSPS) is 19.2. The van der Waals surface area contributed by atoms with Gasteiger partial charge in [0.25, 0.3) is 5.91 Å². The molecular formula is C25H28FN7O. The van der Waals surface area contributed by atoms with E-state index in [1.54, 1.807) is 42.9 Å². The quantitative estimate of drug-likeness (QED) is 0.500. The lowest BCUT2D eigenvalue weighted by atomic mass is 10.0. The number of halogens is 1. The molecule has 1 aromatic carbocycles. The van der Waals surface area contributed by atoms with Crippen LogP contribution in [0.5, 0.6) is 0 Å². The van der Waals surface area contributed by atoms with Crippen LogP contribution in [0.2, 0.25) is 0 Å². The Bertz CT molecular complexity index is 1400. The first-order chi connectivity index (χ1) is 16.2. The van der Waals surface area contributed by atoms with E-state index in [1.807, 2.05) is 6.07 Å². The highest BCUT2D eigenvalue weighted by Crippen LogP contribution is 2.31. The van der Waals surface area contributed by atoms with Gasteiger partial charge < -0.3 is 14.6 Å². The van der Waals surface area contributed by atoms with Crippen molar-refractivity contribution in [2.24, 2.45) is 0 Å². The fraction of sp³-hybridized carbons (Fsp3) is 0.360. The molecule has 0 saturated carbocycles. The number of aromatic nitrogens is 4. The summed E-state index contributed by atoms with van der Waals surface area (Å²) in [6.07, 6.45) is 5.16. The second-order valence-corrected chi connectivity index (χ2v) is 9.22. The van der Waals surface area contributed by atoms with Crippen LogP contribution in [-0.2, 0) is 0 Å². The van der Waals surface area contributed by atoms with Crippen molar-refractivity contribution in [3.05, 3.63) is 59.7 Å². The van der Waals surface area contributed by atoms with Crippen LogP contribution < -0.4 is 10.2 Å². The summed E-state index contributed by atoms with van der Waals surface area (Å²) in [4.78, 5) is 31.2. The number of nitrogens with zero attached hydrogens (tertiary/aromatic N) is 6. The van der Waals surface area contributed by atoms with Crippen LogP contribution in [0.15, 0.2) is 36.8 Å². The number of amides is 1. The molecule has 0 bridgehead atoms. The van der Waals surface area contributed by atoms with Gasteiger partial charge in [-0.05, 0) is 46.9 Å². The Kier molecular flexibility index (Phi) is 5.44. The third-order valence-electron chi connectivity index (χ3n) is 6.68. The number of likely N-dealkylation sites (N-methyl/N-ethyl adjacent to an activating group) is 1. The Morgan fingerprint density at radius 3 is 2.59 bits per heavy atom. The molecule has 8 nitrogen and oxygen atoms in total. The molecule has 1 saturated heterocycles. The summed E-state index contributed by atoms with van der Waals surface area (Å²) in [7, 11) is 2.15. The first-order valence-corrected chi connectivity index (χ1v) is 11.4. The van der Waals surface area contributed by atoms with Crippen LogP contribution in [0.25, 0.3) is 16.6 Å². The van der Waals surface area contributed by atoms with Gasteiger partial charge in [-0.3, -0.25) is 9.69 Å². The van der Waals surface area contributed by atoms with E-state index in [9.17, 15) is 9.18 Å². The van der Waals surface area contributed by atoms with Gasteiger partial charge in [0.2, 0.25) is 0 Å². The number of anilines is 2. The third kappa shape index (κ3) is 3.86. The number of nitrogens with one attached hydrogen (secondary N) is 1. The predicted molar refractivity (Wildman–Crippen MR) is 131 cm³/mol. The minimum absolute atomic E-state index is 0.226. The monoisotopic (exact) mass is 461 g/mol. The molecule has 1 N–H and O–H groups in total. The van der Waals surface area contributed by atoms with Gasteiger partial charge in [-0.25, -0.2) is 19.3 Å². The van der Waals surface area contributed by atoms with E-state index in [0.29, 0.717) is 40.4 Å². The molecular weight excluding hydrogens is 433 g/mol. The molecule has 2 atom stereocenters. The van der Waals surface area contributed by atoms with Crippen molar-refractivity contribution >= 4 is 33.8 Å². The Hall–Kier alpha value is -3.59. The molecule has 4 aromatic rings. The van der Waals surface area contributed by atoms with E-state index >= 15 is 0 Å². The Labute approximate surface area is 197 Å². The second kappa shape index (κ2) is 8.32. The first-order valence-electron chi connectivity index (χ1n) is 11.4. The maximum atomic E-state index is 14.5. The summed E-state index contributed by atoms with van der Waals surface area (Å²) in [5, 5.41) is 3.65. The number of hydrogen-bond acceptors (Lipinski definition) is 6. The molecule has 1 aliphatic rings. The smallest absolute Gasteiger partial charge is 0.257 e. The molecule has 5 rings (SSSR count). The Balaban J connectivity index is 1.52. The average molecular weight is 462 g/mol. The zero-order valence-corrected chi connectivity index (χ0v) is 20.0. The highest BCUT2D eigenvalue weighted by atomic mass is 19.1. The molecule has 34 heavy (non-hydrogen) atoms. The summed E-state index contributed by atoms with van der Waals surface area (Å²) >= 11 is 0. The number of hydrogen-bond donors (Lipinski definition) is 1. The van der Waals surface area contributed by atoms with Crippen molar-refractivity contribution < 1.29 is 9.18 Å². The van der Waals surface area contributed by atoms with Gasteiger partial charge in [-0.1, -0.05) is 0 Å². The number of pyridine rings is 1. The van der Waals surface area contributed by atoms with Gasteiger partial charge in [0.1, 0.15) is 5.82 Å². The van der Waals surface area contributed by atoms with Gasteiger partial charge in [-0.15, -0.1) is 0 Å². The van der Waals surface area contributed by atoms with Gasteiger partial charge in [0.15, 0.2) is 11.5 Å². The highest BCUT2D eigenvalue weighted by molar-refractivity contribution is 6.13. The topological polar surface area (TPSA) is 78.7 Å². The molecule has 1 fully saturated rings. The maximum absolute atomic E-state index is 14.5. The van der Waals surface area contributed by atoms with Crippen molar-refractivity contribution in [3.63, 3.8) is 0 Å². The Morgan fingerprint density at radius 2 is 1.85 bits per heavy atom. The van der Waals surface area contributed by atoms with Crippen molar-refractivity contribution in [2.75, 3.05) is 30.4 Å². The molecule has 0 aliphatic carbocycles. The van der Waals surface area contributed by atoms with Crippen LogP contribution in [-0.4, -0.2) is 62.4 Å². The number of imidazole rings is 1. The van der Waals surface area contributed by atoms with Crippen LogP contribution in [0.1, 0.15) is 35.7 Å². The highest BCUT2D eigenvalue weighted by Gasteiger charge is 2.28. The van der Waals surface area contributed by atoms with Gasteiger partial charge in [0, 0.05) is 60.9 Å². The molecule has 176 valence electrons. The Morgan fingerprint density at radius 1 is 1.12 bits per heavy atom. The van der Waals surface area contributed by atoms with E-state index in [-0.39, 0.29) is 11.6 Å². The fourth-order valence-corrected chi connectivity index (χ4v) is 4.70. The number of piperazine rings is 1. The lowest BCUT2D eigenvalue weighted by Gasteiger charge is -2.43. The van der Waals surface area contributed by atoms with E-state index < -0.39 is 5.82 Å². The van der Waals surface area contributed by atoms with Crippen LogP contribution in [0.4, 0.5) is 15.8 Å². The zero-order chi connectivity index (χ0) is 24.1. The van der Waals surface area contributed by atoms with Crippen molar-refractivity contribution in [3.8, 4) is 0 Å². The van der Waals surface area contributed by atoms with Crippen LogP contribution >= 0.6 is 0 Å². The van der Waals surface area contributed by atoms with E-state index in [2.05, 4.69) is 51.0 Å². The maximum Gasteiger partial charge on any atom is 0.257 e. The lowest BCUT2D eigenvalue weighted by molar-refractivity contribution is 0.102. The van der Waals surface area contributed by atoms with Crippen LogP contribution in [0, 0.1) is 19.7 Å². The SMILES string of the molecule is Cc1cn2cc(NC(=O)c3ccc(N4CC(C)N(C)C(C)C4)c4cnc(C)nc34)cc(F)c2n1. The number of rotatable bonds is 3. The minimum Gasteiger partial charge on any atom is -0.368 e. The third-order valence-corrected chi connectivity index (χ3v) is 6.68. The molecule has 1 amide bonds. The standard InChI is InChI=1S/C25H28FN7O/c1-14-10-33-13-18(8-21(26)24(33)28-14)30-25(34)19-6-7-22(20-9-27-17(4)29-23(19)20)32-11-15(2)31(5)16(3)12-32/h6-10,13,15-16H,11-12H2,1-5H3,(H,30,34). The van der Waals surface area contributed by atoms with Crippen molar-refractivity contribution in [1.82, 2.24) is 24.3 Å². The summed E-state index contributed by atoms with van der Waals surface area (Å²) in [6.45, 7) is 9.77. The second-order valence-electron chi connectivity index (χ2n) is 9.22. The van der Waals surface area contributed by atoms with Gasteiger partial charge >= 0.3 is 0 Å². The first kappa shape index (κ1) is 22.2. The minimum atomic E-state index is -0.498. The van der Waals surface area contributed by atoms with E-state index in [1.165, 1.54) is 6.07 Å². The fourth-order valence-electron chi connectivity index (χ4n) is 4.70. The molecule has 0 radical (unpaired) electrons. The number of benzene rings is 1. The number of aryl methyl sites for hydroxylation is 2. The molecule has 9 heteroatoms. The summed E-state index contributed by atoms with van der Waals surface area (Å²) in [6, 6.07) is 5.82. The number of carbonyl (C=O) groups excluding carboxylic acids is 1. The van der Waals surface area contributed by atoms with E-state index in [4.69, 9.17) is 0 Å². The largest absolute Gasteiger partial charge is 0.368 e. The molecule has 0 spiro atoms. The summed E-state index contributed by atoms with van der Waals surface area (Å²) in [5.74, 6) is -0.270. The van der Waals surface area contributed by atoms with Crippen molar-refractivity contribution in [1.29, 1.82) is 0 Å². The summed E-state index contributed by atoms with van der Waals surface area (Å²) in [5.41, 5.74) is 3.29. The van der Waals surface area contributed by atoms with Crippen molar-refractivity contribution in [2.45, 2.75) is 39.8 Å². The van der Waals surface area contributed by atoms with Gasteiger partial charge in [-0.2, -0.15) is 0 Å². The zero-order valence-electron chi connectivity index (χ0n) is 20.0. The number of fused-ring (bicyclic) bond motifs is 2. The van der Waals surface area contributed by atoms with Crippen LogP contribution in [0.3, 0.4) is 0 Å². The predicted octanol–water partition coefficient (Wildman–Crippen LogP) is 3.81. The number of carbonyl (C=O) groups is 1. The van der Waals surface area contributed by atoms with E-state index in [0.717, 1.165) is 24.2 Å².